The van der Waals surface area contributed by atoms with Crippen LogP contribution in [0.1, 0.15) is 64.7 Å². The Balaban J connectivity index is 1.56. The number of benzene rings is 3. The molecule has 4 atom stereocenters. The minimum atomic E-state index is -3.55. The van der Waals surface area contributed by atoms with Crippen LogP contribution in [-0.2, 0) is 26.3 Å². The molecule has 0 saturated heterocycles. The molecule has 0 unspecified atom stereocenters. The predicted molar refractivity (Wildman–Crippen MR) is 157 cm³/mol. The molecule has 1 aliphatic heterocycles. The van der Waals surface area contributed by atoms with E-state index in [1.807, 2.05) is 6.07 Å². The van der Waals surface area contributed by atoms with Crippen molar-refractivity contribution in [1.82, 2.24) is 15.1 Å². The molecule has 0 radical (unpaired) electrons. The molecule has 1 heterocycles. The van der Waals surface area contributed by atoms with Crippen LogP contribution in [0.2, 0.25) is 5.02 Å². The Morgan fingerprint density at radius 3 is 2.51 bits per heavy atom. The van der Waals surface area contributed by atoms with Crippen molar-refractivity contribution in [1.29, 1.82) is 0 Å². The van der Waals surface area contributed by atoms with E-state index < -0.39 is 40.0 Å². The van der Waals surface area contributed by atoms with E-state index in [0.29, 0.717) is 40.2 Å². The number of anilines is 1. The lowest BCUT2D eigenvalue weighted by Crippen LogP contribution is -2.59. The quantitative estimate of drug-likeness (QED) is 0.262. The second-order valence-electron chi connectivity index (χ2n) is 10.6. The van der Waals surface area contributed by atoms with Crippen molar-refractivity contribution < 1.29 is 22.8 Å². The lowest BCUT2D eigenvalue weighted by atomic mass is 9.76. The van der Waals surface area contributed by atoms with Crippen LogP contribution in [0.25, 0.3) is 0 Å². The number of nitrogens with two attached hydrogens (primary N) is 1. The molecule has 9 nitrogen and oxygen atoms in total. The van der Waals surface area contributed by atoms with Crippen LogP contribution in [0.5, 0.6) is 0 Å². The third kappa shape index (κ3) is 6.56. The summed E-state index contributed by atoms with van der Waals surface area (Å²) in [7, 11) is -3.55. The summed E-state index contributed by atoms with van der Waals surface area (Å²) in [6, 6.07) is 19.6. The van der Waals surface area contributed by atoms with Crippen molar-refractivity contribution in [3.05, 3.63) is 100 Å². The maximum absolute atomic E-state index is 14.2. The number of fused-ring (bicyclic) bond motifs is 1. The van der Waals surface area contributed by atoms with Crippen LogP contribution in [0, 0.1) is 0 Å². The maximum Gasteiger partial charge on any atom is 0.255 e. The van der Waals surface area contributed by atoms with Gasteiger partial charge in [-0.3, -0.25) is 14.4 Å². The fraction of sp³-hybridized carbons (Fsp3) is 0.333. The van der Waals surface area contributed by atoms with Gasteiger partial charge < -0.3 is 10.6 Å². The van der Waals surface area contributed by atoms with Gasteiger partial charge in [0.2, 0.25) is 10.0 Å². The van der Waals surface area contributed by atoms with Gasteiger partial charge in [0, 0.05) is 28.4 Å². The first-order valence-corrected chi connectivity index (χ1v) is 15.8. The molecule has 41 heavy (non-hydrogen) atoms. The maximum atomic E-state index is 14.2. The fourth-order valence-corrected chi connectivity index (χ4v) is 6.96. The van der Waals surface area contributed by atoms with Crippen molar-refractivity contribution in [3.8, 4) is 0 Å². The van der Waals surface area contributed by atoms with Gasteiger partial charge >= 0.3 is 0 Å². The summed E-state index contributed by atoms with van der Waals surface area (Å²) in [4.78, 5) is 35.5. The van der Waals surface area contributed by atoms with Gasteiger partial charge in [-0.15, -0.1) is 0 Å². The van der Waals surface area contributed by atoms with Crippen molar-refractivity contribution in [3.63, 3.8) is 0 Å². The van der Waals surface area contributed by atoms with Gasteiger partial charge in [-0.25, -0.2) is 18.6 Å². The number of rotatable bonds is 8. The molecular formula is C30H33ClN4O5S. The minimum absolute atomic E-state index is 0.0996. The van der Waals surface area contributed by atoms with Gasteiger partial charge in [-0.2, -0.15) is 0 Å². The van der Waals surface area contributed by atoms with Gasteiger partial charge in [0.25, 0.3) is 11.8 Å². The lowest BCUT2D eigenvalue weighted by Gasteiger charge is -2.49. The van der Waals surface area contributed by atoms with Crippen molar-refractivity contribution >= 4 is 39.1 Å². The second-order valence-corrected chi connectivity index (χ2v) is 12.8. The van der Waals surface area contributed by atoms with Crippen LogP contribution < -0.4 is 15.9 Å². The Morgan fingerprint density at radius 2 is 1.78 bits per heavy atom. The van der Waals surface area contributed by atoms with Crippen molar-refractivity contribution in [2.75, 3.05) is 12.0 Å². The third-order valence-electron chi connectivity index (χ3n) is 7.69. The van der Waals surface area contributed by atoms with E-state index in [-0.39, 0.29) is 12.5 Å². The van der Waals surface area contributed by atoms with Crippen LogP contribution in [0.15, 0.2) is 72.8 Å². The molecule has 11 heteroatoms. The largest absolute Gasteiger partial charge is 0.399 e. The zero-order valence-corrected chi connectivity index (χ0v) is 24.2. The summed E-state index contributed by atoms with van der Waals surface area (Å²) in [5.74, 6) is -1.52. The van der Waals surface area contributed by atoms with Gasteiger partial charge in [0.15, 0.2) is 0 Å². The van der Waals surface area contributed by atoms with E-state index in [4.69, 9.17) is 22.2 Å². The van der Waals surface area contributed by atoms with Gasteiger partial charge in [-0.1, -0.05) is 66.9 Å². The number of hydrogen-bond donors (Lipinski definition) is 3. The highest BCUT2D eigenvalue weighted by Crippen LogP contribution is 2.46. The summed E-state index contributed by atoms with van der Waals surface area (Å²) in [6.45, 7) is 0.0996. The van der Waals surface area contributed by atoms with Crippen molar-refractivity contribution in [2.45, 2.75) is 56.3 Å². The Hall–Kier alpha value is -3.44. The monoisotopic (exact) mass is 596 g/mol. The SMILES string of the molecule is CS(=O)(=O)N[C@H]1CCCC[C@@H]1N1C(=O)c2ccccc2[C@@H](C(=O)NOCc2cccc(N)c2)[C@@H]1c1ccc(Cl)cc1. The average Bonchev–Trinajstić information content (AvgIpc) is 2.93. The number of carbonyl (C=O) groups excluding carboxylic acids is 2. The van der Waals surface area contributed by atoms with E-state index >= 15 is 0 Å². The first-order chi connectivity index (χ1) is 19.6. The normalized spacial score (nSPS) is 22.7. The molecule has 0 aromatic heterocycles. The third-order valence-corrected chi connectivity index (χ3v) is 8.67. The highest BCUT2D eigenvalue weighted by atomic mass is 35.5. The van der Waals surface area contributed by atoms with Gasteiger partial charge in [0.05, 0.1) is 24.8 Å². The molecule has 3 aromatic carbocycles. The molecule has 4 N–H and O–H groups in total. The van der Waals surface area contributed by atoms with Gasteiger partial charge in [-0.05, 0) is 59.9 Å². The van der Waals surface area contributed by atoms with E-state index in [1.165, 1.54) is 0 Å². The minimum Gasteiger partial charge on any atom is -0.399 e. The Bertz CT molecular complexity index is 1530. The van der Waals surface area contributed by atoms with Crippen molar-refractivity contribution in [2.24, 2.45) is 0 Å². The molecular weight excluding hydrogens is 564 g/mol. The van der Waals surface area contributed by atoms with Crippen LogP contribution in [0.4, 0.5) is 5.69 Å². The zero-order valence-electron chi connectivity index (χ0n) is 22.6. The molecule has 1 aliphatic carbocycles. The smallest absolute Gasteiger partial charge is 0.255 e. The van der Waals surface area contributed by atoms with Crippen LogP contribution in [0.3, 0.4) is 0 Å². The molecule has 0 spiro atoms. The number of hydrogen-bond acceptors (Lipinski definition) is 6. The van der Waals surface area contributed by atoms with E-state index in [9.17, 15) is 18.0 Å². The molecule has 1 saturated carbocycles. The summed E-state index contributed by atoms with van der Waals surface area (Å²) in [5.41, 5.74) is 11.5. The molecule has 3 aromatic rings. The number of nitrogens with zero attached hydrogens (tertiary/aromatic N) is 1. The Kier molecular flexibility index (Phi) is 8.65. The number of sulfonamides is 1. The highest BCUT2D eigenvalue weighted by molar-refractivity contribution is 7.88. The number of nitrogen functional groups attached to an aromatic ring is 1. The topological polar surface area (TPSA) is 131 Å². The summed E-state index contributed by atoms with van der Waals surface area (Å²) in [6.07, 6.45) is 3.94. The first-order valence-electron chi connectivity index (χ1n) is 13.5. The van der Waals surface area contributed by atoms with Crippen LogP contribution >= 0.6 is 11.6 Å². The Labute approximate surface area is 245 Å². The standard InChI is InChI=1S/C30H33ClN4O5S/c1-41(38,39)34-25-11-4-5-12-26(25)35-28(20-13-15-21(31)16-14-20)27(23-9-2-3-10-24(23)30(35)37)29(36)33-40-18-19-7-6-8-22(32)17-19/h2-3,6-10,13-17,25-28,34H,4-5,11-12,18,32H2,1H3,(H,33,36)/t25-,26-,27+,28-/m0/s1. The number of carbonyl (C=O) groups is 2. The fourth-order valence-electron chi connectivity index (χ4n) is 6.01. The van der Waals surface area contributed by atoms with Crippen LogP contribution in [-0.4, -0.2) is 43.5 Å². The van der Waals surface area contributed by atoms with E-state index in [2.05, 4.69) is 10.2 Å². The second kappa shape index (κ2) is 12.2. The molecule has 1 fully saturated rings. The number of halogens is 1. The molecule has 0 bridgehead atoms. The first kappa shape index (κ1) is 29.1. The lowest BCUT2D eigenvalue weighted by molar-refractivity contribution is -0.138. The molecule has 5 rings (SSSR count). The summed E-state index contributed by atoms with van der Waals surface area (Å²) < 4.78 is 27.4. The number of amides is 2. The number of nitrogens with one attached hydrogen (secondary N) is 2. The average molecular weight is 597 g/mol. The molecule has 2 amide bonds. The number of hydroxylamine groups is 1. The molecule has 2 aliphatic rings. The Morgan fingerprint density at radius 1 is 1.05 bits per heavy atom. The predicted octanol–water partition coefficient (Wildman–Crippen LogP) is 4.31. The van der Waals surface area contributed by atoms with E-state index in [0.717, 1.165) is 24.7 Å². The summed E-state index contributed by atoms with van der Waals surface area (Å²) in [5, 5.41) is 0.517. The van der Waals surface area contributed by atoms with E-state index in [1.54, 1.807) is 71.6 Å². The van der Waals surface area contributed by atoms with Gasteiger partial charge in [0.1, 0.15) is 0 Å². The summed E-state index contributed by atoms with van der Waals surface area (Å²) >= 11 is 6.21. The highest BCUT2D eigenvalue weighted by Gasteiger charge is 2.49. The molecule has 216 valence electrons. The zero-order chi connectivity index (χ0) is 29.1.